The second-order valence-corrected chi connectivity index (χ2v) is 10.5. The first-order valence-electron chi connectivity index (χ1n) is 9.63. The van der Waals surface area contributed by atoms with E-state index >= 15 is 0 Å². The van der Waals surface area contributed by atoms with Crippen LogP contribution in [0.25, 0.3) is 0 Å². The van der Waals surface area contributed by atoms with E-state index in [1.165, 1.54) is 12.1 Å². The number of anilines is 1. The lowest BCUT2D eigenvalue weighted by molar-refractivity contribution is -0.116. The van der Waals surface area contributed by atoms with Crippen molar-refractivity contribution in [1.29, 1.82) is 0 Å². The van der Waals surface area contributed by atoms with Gasteiger partial charge < -0.3 is 5.32 Å². The van der Waals surface area contributed by atoms with Crippen LogP contribution in [0.15, 0.2) is 65.6 Å². The average Bonchev–Trinajstić information content (AvgIpc) is 2.73. The second kappa shape index (κ2) is 10.2. The molecule has 0 bridgehead atoms. The van der Waals surface area contributed by atoms with E-state index < -0.39 is 22.5 Å². The predicted molar refractivity (Wildman–Crippen MR) is 130 cm³/mol. The summed E-state index contributed by atoms with van der Waals surface area (Å²) in [7, 11) is -4.03. The predicted octanol–water partition coefficient (Wildman–Crippen LogP) is 6.09. The summed E-state index contributed by atoms with van der Waals surface area (Å²) in [6.45, 7) is 3.06. The number of hydrogen-bond acceptors (Lipinski definition) is 3. The number of nitrogens with zero attached hydrogens (tertiary/aromatic N) is 1. The van der Waals surface area contributed by atoms with Crippen LogP contribution < -0.4 is 5.32 Å². The molecule has 0 saturated heterocycles. The molecule has 0 aliphatic heterocycles. The van der Waals surface area contributed by atoms with E-state index in [-0.39, 0.29) is 11.4 Å². The van der Waals surface area contributed by atoms with Crippen molar-refractivity contribution >= 4 is 56.4 Å². The Morgan fingerprint density at radius 3 is 2.19 bits per heavy atom. The molecule has 0 aliphatic carbocycles. The van der Waals surface area contributed by atoms with E-state index in [2.05, 4.69) is 5.32 Å². The van der Waals surface area contributed by atoms with Crippen LogP contribution in [0.1, 0.15) is 16.7 Å². The largest absolute Gasteiger partial charge is 0.325 e. The van der Waals surface area contributed by atoms with Gasteiger partial charge in [-0.05, 0) is 55.8 Å². The summed E-state index contributed by atoms with van der Waals surface area (Å²) in [5.74, 6) is -0.519. The van der Waals surface area contributed by atoms with Crippen LogP contribution in [0.5, 0.6) is 0 Å². The molecule has 3 rings (SSSR count). The van der Waals surface area contributed by atoms with Gasteiger partial charge in [-0.15, -0.1) is 0 Å². The number of carbonyl (C=O) groups excluding carboxylic acids is 1. The number of halogens is 3. The van der Waals surface area contributed by atoms with Crippen LogP contribution in [0.2, 0.25) is 15.1 Å². The summed E-state index contributed by atoms with van der Waals surface area (Å²) in [5.41, 5.74) is 2.63. The van der Waals surface area contributed by atoms with Crippen LogP contribution in [-0.4, -0.2) is 25.2 Å². The van der Waals surface area contributed by atoms with Crippen molar-refractivity contribution < 1.29 is 13.2 Å². The van der Waals surface area contributed by atoms with Crippen molar-refractivity contribution in [2.24, 2.45) is 0 Å². The van der Waals surface area contributed by atoms with Crippen molar-refractivity contribution in [2.75, 3.05) is 11.9 Å². The van der Waals surface area contributed by atoms with Gasteiger partial charge in [-0.2, -0.15) is 4.31 Å². The van der Waals surface area contributed by atoms with Gasteiger partial charge in [0.05, 0.1) is 11.4 Å². The Balaban J connectivity index is 1.95. The Labute approximate surface area is 203 Å². The molecular weight excluding hydrogens is 491 g/mol. The fourth-order valence-electron chi connectivity index (χ4n) is 3.02. The highest BCUT2D eigenvalue weighted by molar-refractivity contribution is 7.89. The summed E-state index contributed by atoms with van der Waals surface area (Å²) in [6, 6.07) is 16.4. The van der Waals surface area contributed by atoms with Gasteiger partial charge in [0.2, 0.25) is 15.9 Å². The van der Waals surface area contributed by atoms with Crippen molar-refractivity contribution in [3.63, 3.8) is 0 Å². The first kappa shape index (κ1) is 24.6. The summed E-state index contributed by atoms with van der Waals surface area (Å²) < 4.78 is 27.9. The van der Waals surface area contributed by atoms with Gasteiger partial charge in [-0.1, -0.05) is 64.6 Å². The summed E-state index contributed by atoms with van der Waals surface area (Å²) in [4.78, 5) is 12.9. The van der Waals surface area contributed by atoms with Crippen LogP contribution in [-0.2, 0) is 21.4 Å². The minimum Gasteiger partial charge on any atom is -0.325 e. The highest BCUT2D eigenvalue weighted by atomic mass is 35.5. The van der Waals surface area contributed by atoms with Crippen LogP contribution in [0.3, 0.4) is 0 Å². The van der Waals surface area contributed by atoms with Gasteiger partial charge in [-0.3, -0.25) is 4.79 Å². The fourth-order valence-corrected chi connectivity index (χ4v) is 5.08. The lowest BCUT2D eigenvalue weighted by Gasteiger charge is -2.23. The van der Waals surface area contributed by atoms with E-state index in [0.29, 0.717) is 26.3 Å². The Hall–Kier alpha value is -2.09. The van der Waals surface area contributed by atoms with Gasteiger partial charge in [-0.25, -0.2) is 8.42 Å². The Morgan fingerprint density at radius 2 is 1.56 bits per heavy atom. The average molecular weight is 512 g/mol. The number of amides is 1. The van der Waals surface area contributed by atoms with Crippen LogP contribution in [0.4, 0.5) is 5.69 Å². The highest BCUT2D eigenvalue weighted by Gasteiger charge is 2.28. The van der Waals surface area contributed by atoms with Crippen molar-refractivity contribution in [1.82, 2.24) is 4.31 Å². The van der Waals surface area contributed by atoms with Crippen molar-refractivity contribution in [2.45, 2.75) is 25.3 Å². The smallest absolute Gasteiger partial charge is 0.243 e. The Kier molecular flexibility index (Phi) is 7.85. The minimum absolute atomic E-state index is 0.0676. The second-order valence-electron chi connectivity index (χ2n) is 7.29. The maximum absolute atomic E-state index is 13.4. The number of benzene rings is 3. The van der Waals surface area contributed by atoms with E-state index in [0.717, 1.165) is 15.4 Å². The van der Waals surface area contributed by atoms with Crippen molar-refractivity contribution in [3.05, 3.63) is 92.4 Å². The number of sulfonamides is 1. The zero-order valence-electron chi connectivity index (χ0n) is 17.4. The van der Waals surface area contributed by atoms with Gasteiger partial charge in [0.15, 0.2) is 0 Å². The molecule has 5 nitrogen and oxygen atoms in total. The zero-order valence-corrected chi connectivity index (χ0v) is 20.5. The van der Waals surface area contributed by atoms with Crippen LogP contribution >= 0.6 is 34.8 Å². The summed E-state index contributed by atoms with van der Waals surface area (Å²) >= 11 is 18.6. The molecule has 32 heavy (non-hydrogen) atoms. The molecule has 168 valence electrons. The Bertz CT molecular complexity index is 1230. The molecule has 3 aromatic carbocycles. The third-order valence-electron chi connectivity index (χ3n) is 4.85. The summed E-state index contributed by atoms with van der Waals surface area (Å²) in [5, 5.41) is 3.82. The molecule has 0 saturated carbocycles. The fraction of sp³-hybridized carbons (Fsp3) is 0.174. The quantitative estimate of drug-likeness (QED) is 0.417. The first-order chi connectivity index (χ1) is 15.1. The number of nitrogens with one attached hydrogen (secondary N) is 1. The van der Waals surface area contributed by atoms with Crippen LogP contribution in [0, 0.1) is 13.8 Å². The number of aryl methyl sites for hydroxylation is 2. The Morgan fingerprint density at radius 1 is 0.938 bits per heavy atom. The van der Waals surface area contributed by atoms with Gasteiger partial charge in [0.25, 0.3) is 0 Å². The lowest BCUT2D eigenvalue weighted by Crippen LogP contribution is -2.37. The molecule has 1 amide bonds. The topological polar surface area (TPSA) is 66.5 Å². The summed E-state index contributed by atoms with van der Waals surface area (Å²) in [6.07, 6.45) is 0. The number of hydrogen-bond donors (Lipinski definition) is 1. The van der Waals surface area contributed by atoms with E-state index in [4.69, 9.17) is 34.8 Å². The molecular formula is C23H21Cl3N2O3S. The molecule has 0 spiro atoms. The monoisotopic (exact) mass is 510 g/mol. The SMILES string of the molecule is Cc1ccc(S(=O)(=O)N(CC(=O)Nc2cc(Cl)ccc2C)Cc2c(Cl)cccc2Cl)cc1. The highest BCUT2D eigenvalue weighted by Crippen LogP contribution is 2.28. The maximum Gasteiger partial charge on any atom is 0.243 e. The van der Waals surface area contributed by atoms with E-state index in [1.807, 2.05) is 13.8 Å². The molecule has 0 fully saturated rings. The van der Waals surface area contributed by atoms with E-state index in [1.54, 1.807) is 48.5 Å². The van der Waals surface area contributed by atoms with Gasteiger partial charge in [0, 0.05) is 32.9 Å². The molecule has 1 N–H and O–H groups in total. The first-order valence-corrected chi connectivity index (χ1v) is 12.2. The number of carbonyl (C=O) groups is 1. The molecule has 0 unspecified atom stereocenters. The molecule has 0 radical (unpaired) electrons. The normalized spacial score (nSPS) is 11.6. The molecule has 0 aromatic heterocycles. The zero-order chi connectivity index (χ0) is 23.5. The molecule has 0 aliphatic rings. The third kappa shape index (κ3) is 5.82. The van der Waals surface area contributed by atoms with E-state index in [9.17, 15) is 13.2 Å². The standard InChI is InChI=1S/C23H21Cl3N2O3S/c1-15-6-10-18(11-7-15)32(30,31)28(13-19-20(25)4-3-5-21(19)26)14-23(29)27-22-12-17(24)9-8-16(22)2/h3-12H,13-14H2,1-2H3,(H,27,29). The maximum atomic E-state index is 13.4. The van der Waals surface area contributed by atoms with Crippen molar-refractivity contribution in [3.8, 4) is 0 Å². The molecule has 0 heterocycles. The molecule has 3 aromatic rings. The minimum atomic E-state index is -4.03. The lowest BCUT2D eigenvalue weighted by atomic mass is 10.2. The van der Waals surface area contributed by atoms with Gasteiger partial charge >= 0.3 is 0 Å². The number of rotatable bonds is 7. The molecule has 0 atom stereocenters. The third-order valence-corrected chi connectivity index (χ3v) is 7.60. The molecule has 9 heteroatoms. The van der Waals surface area contributed by atoms with Gasteiger partial charge in [0.1, 0.15) is 0 Å².